The number of aromatic nitrogens is 3. The van der Waals surface area contributed by atoms with Crippen molar-refractivity contribution in [2.45, 2.75) is 44.4 Å². The number of carbonyl (C=O) groups is 1. The van der Waals surface area contributed by atoms with Crippen LogP contribution in [0.3, 0.4) is 0 Å². The van der Waals surface area contributed by atoms with Crippen molar-refractivity contribution in [1.82, 2.24) is 14.9 Å². The summed E-state index contributed by atoms with van der Waals surface area (Å²) in [6, 6.07) is 5.36. The highest BCUT2D eigenvalue weighted by molar-refractivity contribution is 6.36. The van der Waals surface area contributed by atoms with Crippen LogP contribution in [0.4, 0.5) is 19.0 Å². The number of hydrogen-bond donors (Lipinski definition) is 0. The van der Waals surface area contributed by atoms with Gasteiger partial charge in [-0.25, -0.2) is 4.68 Å². The molecule has 3 aromatic rings. The fourth-order valence-electron chi connectivity index (χ4n) is 4.24. The van der Waals surface area contributed by atoms with Gasteiger partial charge < -0.3 is 4.52 Å². The number of benzene rings is 1. The summed E-state index contributed by atoms with van der Waals surface area (Å²) in [5.74, 6) is -0.159. The minimum Gasteiger partial charge on any atom is -0.355 e. The predicted molar refractivity (Wildman–Crippen MR) is 112 cm³/mol. The highest BCUT2D eigenvalue weighted by atomic mass is 35.5. The number of anilines is 1. The van der Waals surface area contributed by atoms with Crippen LogP contribution in [0.5, 0.6) is 0 Å². The molecule has 0 bridgehead atoms. The van der Waals surface area contributed by atoms with Crippen LogP contribution in [-0.4, -0.2) is 33.1 Å². The molecule has 1 amide bonds. The number of fused-ring (bicyclic) bond motifs is 1. The molecule has 2 aromatic heterocycles. The lowest BCUT2D eigenvalue weighted by Gasteiger charge is -2.40. The van der Waals surface area contributed by atoms with Crippen LogP contribution in [0.2, 0.25) is 10.0 Å². The first-order chi connectivity index (χ1) is 15.1. The van der Waals surface area contributed by atoms with E-state index in [1.165, 1.54) is 23.1 Å². The summed E-state index contributed by atoms with van der Waals surface area (Å²) in [6.07, 6.45) is -3.17. The Kier molecular flexibility index (Phi) is 5.01. The normalized spacial score (nSPS) is 21.0. The zero-order valence-corrected chi connectivity index (χ0v) is 18.2. The molecule has 2 atom stereocenters. The van der Waals surface area contributed by atoms with Gasteiger partial charge in [0.25, 0.3) is 5.91 Å². The van der Waals surface area contributed by atoms with Crippen molar-refractivity contribution in [2.75, 3.05) is 4.90 Å². The van der Waals surface area contributed by atoms with Crippen molar-refractivity contribution in [3.05, 3.63) is 51.8 Å². The molecule has 2 unspecified atom stereocenters. The number of amides is 1. The number of rotatable bonds is 3. The van der Waals surface area contributed by atoms with Gasteiger partial charge in [-0.2, -0.15) is 18.3 Å². The Morgan fingerprint density at radius 1 is 1.19 bits per heavy atom. The van der Waals surface area contributed by atoms with E-state index in [4.69, 9.17) is 27.7 Å². The first-order valence-corrected chi connectivity index (χ1v) is 10.8. The standard InChI is InChI=1S/C21H17Cl2F3N4O2/c1-10-6-19-29(16(11-2-3-11)9-18(21(24,25)26)30(19)27-10)20(31)15-8-17(32-28-15)13-5-4-12(22)7-14(13)23/h4-8,11,16,18H,2-3,9H2,1H3. The fourth-order valence-corrected chi connectivity index (χ4v) is 4.74. The van der Waals surface area contributed by atoms with Gasteiger partial charge in [0.15, 0.2) is 17.5 Å². The summed E-state index contributed by atoms with van der Waals surface area (Å²) >= 11 is 12.1. The van der Waals surface area contributed by atoms with Crippen LogP contribution in [0.25, 0.3) is 11.3 Å². The zero-order valence-electron chi connectivity index (χ0n) is 16.7. The maximum Gasteiger partial charge on any atom is 0.410 e. The molecule has 5 rings (SSSR count). The van der Waals surface area contributed by atoms with Gasteiger partial charge in [0.1, 0.15) is 5.82 Å². The topological polar surface area (TPSA) is 64.2 Å². The van der Waals surface area contributed by atoms with Gasteiger partial charge in [-0.15, -0.1) is 0 Å². The maximum atomic E-state index is 13.8. The Bertz CT molecular complexity index is 1200. The number of alkyl halides is 3. The minimum atomic E-state index is -4.47. The Balaban J connectivity index is 1.54. The van der Waals surface area contributed by atoms with Crippen molar-refractivity contribution in [3.63, 3.8) is 0 Å². The van der Waals surface area contributed by atoms with E-state index in [9.17, 15) is 18.0 Å². The van der Waals surface area contributed by atoms with Crippen LogP contribution >= 0.6 is 23.2 Å². The van der Waals surface area contributed by atoms with E-state index < -0.39 is 24.2 Å². The molecule has 11 heteroatoms. The Hall–Kier alpha value is -2.52. The lowest BCUT2D eigenvalue weighted by Crippen LogP contribution is -2.50. The molecule has 0 spiro atoms. The summed E-state index contributed by atoms with van der Waals surface area (Å²) in [7, 11) is 0. The van der Waals surface area contributed by atoms with Gasteiger partial charge in [-0.3, -0.25) is 9.69 Å². The summed E-state index contributed by atoms with van der Waals surface area (Å²) in [4.78, 5) is 14.9. The van der Waals surface area contributed by atoms with Crippen molar-refractivity contribution >= 4 is 34.9 Å². The third kappa shape index (κ3) is 3.67. The average molecular weight is 485 g/mol. The number of halogens is 5. The second-order valence-electron chi connectivity index (χ2n) is 8.16. The zero-order chi connectivity index (χ0) is 22.8. The monoisotopic (exact) mass is 484 g/mol. The van der Waals surface area contributed by atoms with Crippen LogP contribution in [0.1, 0.15) is 41.5 Å². The molecule has 32 heavy (non-hydrogen) atoms. The van der Waals surface area contributed by atoms with Gasteiger partial charge in [0.2, 0.25) is 0 Å². The van der Waals surface area contributed by atoms with E-state index >= 15 is 0 Å². The van der Waals surface area contributed by atoms with E-state index in [0.717, 1.165) is 17.5 Å². The van der Waals surface area contributed by atoms with Crippen molar-refractivity contribution in [3.8, 4) is 11.3 Å². The van der Waals surface area contributed by atoms with Crippen LogP contribution in [-0.2, 0) is 0 Å². The molecular formula is C21H17Cl2F3N4O2. The van der Waals surface area contributed by atoms with Gasteiger partial charge in [-0.05, 0) is 50.3 Å². The number of nitrogens with zero attached hydrogens (tertiary/aromatic N) is 4. The molecule has 0 N–H and O–H groups in total. The molecule has 168 valence electrons. The van der Waals surface area contributed by atoms with Crippen molar-refractivity contribution in [2.24, 2.45) is 5.92 Å². The van der Waals surface area contributed by atoms with Crippen LogP contribution < -0.4 is 4.90 Å². The smallest absolute Gasteiger partial charge is 0.355 e. The molecule has 0 radical (unpaired) electrons. The van der Waals surface area contributed by atoms with Gasteiger partial charge in [-0.1, -0.05) is 28.4 Å². The molecule has 1 aliphatic carbocycles. The first kappa shape index (κ1) is 21.3. The Morgan fingerprint density at radius 3 is 2.59 bits per heavy atom. The molecule has 1 aliphatic heterocycles. The first-order valence-electron chi connectivity index (χ1n) is 10.0. The molecule has 0 saturated heterocycles. The highest BCUT2D eigenvalue weighted by Crippen LogP contribution is 2.48. The maximum absolute atomic E-state index is 13.8. The lowest BCUT2D eigenvalue weighted by atomic mass is 9.97. The number of hydrogen-bond acceptors (Lipinski definition) is 4. The van der Waals surface area contributed by atoms with E-state index in [0.29, 0.717) is 21.3 Å². The third-order valence-corrected chi connectivity index (χ3v) is 6.41. The van der Waals surface area contributed by atoms with Crippen LogP contribution in [0.15, 0.2) is 34.9 Å². The van der Waals surface area contributed by atoms with Crippen molar-refractivity contribution in [1.29, 1.82) is 0 Å². The summed E-state index contributed by atoms with van der Waals surface area (Å²) in [5, 5.41) is 8.69. The fraction of sp³-hybridized carbons (Fsp3) is 0.381. The average Bonchev–Trinajstić information content (AvgIpc) is 3.30. The second-order valence-corrected chi connectivity index (χ2v) is 9.01. The minimum absolute atomic E-state index is 0.00448. The van der Waals surface area contributed by atoms with E-state index in [-0.39, 0.29) is 29.6 Å². The third-order valence-electron chi connectivity index (χ3n) is 5.87. The van der Waals surface area contributed by atoms with Gasteiger partial charge >= 0.3 is 6.18 Å². The van der Waals surface area contributed by atoms with Gasteiger partial charge in [0, 0.05) is 28.8 Å². The second kappa shape index (κ2) is 7.52. The number of carbonyl (C=O) groups excluding carboxylic acids is 1. The predicted octanol–water partition coefficient (Wildman–Crippen LogP) is 6.09. The van der Waals surface area contributed by atoms with E-state index in [1.807, 2.05) is 0 Å². The van der Waals surface area contributed by atoms with E-state index in [1.54, 1.807) is 19.1 Å². The molecule has 2 aliphatic rings. The Labute approximate surface area is 190 Å². The highest BCUT2D eigenvalue weighted by Gasteiger charge is 2.53. The van der Waals surface area contributed by atoms with E-state index in [2.05, 4.69) is 10.3 Å². The number of aryl methyl sites for hydroxylation is 1. The molecule has 1 saturated carbocycles. The Morgan fingerprint density at radius 2 is 1.94 bits per heavy atom. The van der Waals surface area contributed by atoms with Crippen molar-refractivity contribution < 1.29 is 22.5 Å². The SMILES string of the molecule is Cc1cc2n(n1)C(C(F)(F)F)CC(C1CC1)N2C(=O)c1cc(-c2ccc(Cl)cc2Cl)on1. The molecule has 1 aromatic carbocycles. The lowest BCUT2D eigenvalue weighted by molar-refractivity contribution is -0.174. The van der Waals surface area contributed by atoms with Gasteiger partial charge in [0.05, 0.1) is 10.7 Å². The molecule has 1 fully saturated rings. The largest absolute Gasteiger partial charge is 0.410 e. The molecule has 6 nitrogen and oxygen atoms in total. The quantitative estimate of drug-likeness (QED) is 0.451. The molecule has 3 heterocycles. The molecular weight excluding hydrogens is 468 g/mol. The summed E-state index contributed by atoms with van der Waals surface area (Å²) in [6.45, 7) is 1.60. The van der Waals surface area contributed by atoms with Crippen LogP contribution in [0, 0.1) is 12.8 Å². The summed E-state index contributed by atoms with van der Waals surface area (Å²) in [5.41, 5.74) is 0.878. The summed E-state index contributed by atoms with van der Waals surface area (Å²) < 4.78 is 47.6.